The van der Waals surface area contributed by atoms with Gasteiger partial charge in [0.05, 0.1) is 152 Å². The Labute approximate surface area is 732 Å². The molecule has 0 radical (unpaired) electrons. The summed E-state index contributed by atoms with van der Waals surface area (Å²) in [4.78, 5) is 0. The molecule has 8 unspecified atom stereocenters. The van der Waals surface area contributed by atoms with Crippen molar-refractivity contribution in [3.63, 3.8) is 0 Å². The summed E-state index contributed by atoms with van der Waals surface area (Å²) in [7, 11) is 0. The Morgan fingerprint density at radius 3 is 0.573 bits per heavy atom. The molecule has 8 atom stereocenters. The summed E-state index contributed by atoms with van der Waals surface area (Å²) in [6, 6.07) is 122. The average molecular weight is 1680 g/mol. The summed E-state index contributed by atoms with van der Waals surface area (Å²) < 4.78 is 106. The molecule has 12 aromatic rings. The summed E-state index contributed by atoms with van der Waals surface area (Å²) in [6.45, 7) is 7.85. The van der Waals surface area contributed by atoms with Gasteiger partial charge in [-0.2, -0.15) is 0 Å². The number of aliphatic hydroxyl groups excluding tert-OH is 1. The van der Waals surface area contributed by atoms with Gasteiger partial charge >= 0.3 is 0 Å². The molecule has 12 rings (SSSR count). The molecule has 0 spiro atoms. The first-order chi connectivity index (χ1) is 61.4. The van der Waals surface area contributed by atoms with Crippen molar-refractivity contribution in [3.8, 4) is 0 Å². The van der Waals surface area contributed by atoms with Crippen molar-refractivity contribution >= 4 is 0 Å². The van der Waals surface area contributed by atoms with Gasteiger partial charge in [0.15, 0.2) is 0 Å². The predicted molar refractivity (Wildman–Crippen MR) is 482 cm³/mol. The minimum absolute atomic E-state index is 0.0345. The van der Waals surface area contributed by atoms with E-state index in [2.05, 4.69) is 79.4 Å². The van der Waals surface area contributed by atoms with Gasteiger partial charge in [-0.1, -0.05) is 370 Å². The molecule has 0 saturated carbocycles. The first-order valence-electron chi connectivity index (χ1n) is 42.9. The molecule has 0 fully saturated rings. The molecule has 648 valence electrons. The van der Waals surface area contributed by atoms with E-state index in [-0.39, 0.29) is 112 Å². The summed E-state index contributed by atoms with van der Waals surface area (Å²) in [6.07, 6.45) is -3.26. The van der Waals surface area contributed by atoms with Gasteiger partial charge in [-0.25, -0.2) is 0 Å². The van der Waals surface area contributed by atoms with E-state index in [4.69, 9.17) is 75.8 Å². The van der Waals surface area contributed by atoms with Crippen LogP contribution in [-0.4, -0.2) is 166 Å². The quantitative estimate of drug-likeness (QED) is 0.0217. The zero-order valence-electron chi connectivity index (χ0n) is 70.8. The number of ether oxygens (including phenoxy) is 16. The molecule has 17 heteroatoms. The summed E-state index contributed by atoms with van der Waals surface area (Å²) in [5.74, 6) is 0. The van der Waals surface area contributed by atoms with E-state index in [0.29, 0.717) is 46.2 Å². The van der Waals surface area contributed by atoms with E-state index in [0.717, 1.165) is 66.8 Å². The lowest BCUT2D eigenvalue weighted by atomic mass is 9.80. The van der Waals surface area contributed by atoms with Crippen LogP contribution in [0.3, 0.4) is 0 Å². The monoisotopic (exact) mass is 1670 g/mol. The zero-order chi connectivity index (χ0) is 85.3. The molecule has 0 saturated heterocycles. The maximum Gasteiger partial charge on any atom is 0.143 e. The van der Waals surface area contributed by atoms with Gasteiger partial charge in [-0.3, -0.25) is 0 Å². The van der Waals surface area contributed by atoms with Crippen LogP contribution in [0.1, 0.15) is 66.8 Å². The van der Waals surface area contributed by atoms with Crippen molar-refractivity contribution in [1.29, 1.82) is 0 Å². The van der Waals surface area contributed by atoms with Gasteiger partial charge in [0.1, 0.15) is 60.0 Å². The Kier molecular flexibility index (Phi) is 40.3. The third-order valence-corrected chi connectivity index (χ3v) is 20.7. The maximum absolute atomic E-state index is 11.9. The first-order valence-corrected chi connectivity index (χ1v) is 42.9. The highest BCUT2D eigenvalue weighted by molar-refractivity contribution is 5.49. The lowest BCUT2D eigenvalue weighted by molar-refractivity contribution is -0.136. The minimum atomic E-state index is -1.09. The van der Waals surface area contributed by atoms with Crippen molar-refractivity contribution < 1.29 is 80.9 Å². The number of rotatable bonds is 61. The van der Waals surface area contributed by atoms with Crippen LogP contribution in [0.15, 0.2) is 377 Å². The lowest BCUT2D eigenvalue weighted by Gasteiger charge is -2.37. The second kappa shape index (κ2) is 53.8. The number of hydrogen-bond donors (Lipinski definition) is 1. The number of hydrogen-bond acceptors (Lipinski definition) is 17. The Morgan fingerprint density at radius 1 is 0.202 bits per heavy atom. The third kappa shape index (κ3) is 31.1. The SMILES string of the molecule is C=CCOCC(COCC(COCC(COCC(COCC(COC(c1ccccc1)(c1ccccc1)c1ccccc1)OCc1ccccc1)OCc1ccccc1)OCC(O)COCC(COCC(COC(c1ccccc1)(c1ccccc1)c1ccccc1)OCc1ccccc1)OCc1ccccc1)OCc1ccccc1)OCc1ccccc1. The van der Waals surface area contributed by atoms with Crippen LogP contribution in [0, 0.1) is 0 Å². The van der Waals surface area contributed by atoms with E-state index >= 15 is 0 Å². The third-order valence-electron chi connectivity index (χ3n) is 20.7. The van der Waals surface area contributed by atoms with Gasteiger partial charge in [0, 0.05) is 0 Å². The van der Waals surface area contributed by atoms with Crippen LogP contribution in [-0.2, 0) is 127 Å². The Hall–Kier alpha value is -10.3. The highest BCUT2D eigenvalue weighted by Gasteiger charge is 2.40. The van der Waals surface area contributed by atoms with Crippen molar-refractivity contribution in [1.82, 2.24) is 0 Å². The van der Waals surface area contributed by atoms with Crippen LogP contribution in [0.25, 0.3) is 0 Å². The topological polar surface area (TPSA) is 168 Å². The molecule has 0 heterocycles. The average Bonchev–Trinajstić information content (AvgIpc) is 0.761. The van der Waals surface area contributed by atoms with Crippen molar-refractivity contribution in [2.75, 3.05) is 112 Å². The van der Waals surface area contributed by atoms with Gasteiger partial charge in [-0.15, -0.1) is 6.58 Å². The van der Waals surface area contributed by atoms with E-state index < -0.39 is 53.9 Å². The molecule has 0 aliphatic heterocycles. The van der Waals surface area contributed by atoms with Crippen LogP contribution < -0.4 is 0 Å². The highest BCUT2D eigenvalue weighted by atomic mass is 16.6. The van der Waals surface area contributed by atoms with Gasteiger partial charge in [0.2, 0.25) is 0 Å². The number of benzene rings is 12. The van der Waals surface area contributed by atoms with Crippen molar-refractivity contribution in [2.24, 2.45) is 0 Å². The predicted octanol–water partition coefficient (Wildman–Crippen LogP) is 18.6. The molecule has 0 bridgehead atoms. The van der Waals surface area contributed by atoms with Crippen molar-refractivity contribution in [2.45, 2.75) is 99.7 Å². The molecule has 0 aliphatic rings. The van der Waals surface area contributed by atoms with Crippen LogP contribution >= 0.6 is 0 Å². The van der Waals surface area contributed by atoms with Crippen LogP contribution in [0.2, 0.25) is 0 Å². The highest BCUT2D eigenvalue weighted by Crippen LogP contribution is 2.43. The fourth-order valence-electron chi connectivity index (χ4n) is 14.3. The van der Waals surface area contributed by atoms with E-state index in [1.807, 2.05) is 291 Å². The Bertz CT molecular complexity index is 4520. The smallest absolute Gasteiger partial charge is 0.143 e. The summed E-state index contributed by atoms with van der Waals surface area (Å²) in [5, 5.41) is 11.9. The van der Waals surface area contributed by atoms with E-state index in [1.54, 1.807) is 6.08 Å². The first kappa shape index (κ1) is 92.9. The molecule has 0 aliphatic carbocycles. The molecular formula is C107H118O17. The van der Waals surface area contributed by atoms with Gasteiger partial charge in [-0.05, 0) is 66.8 Å². The van der Waals surface area contributed by atoms with Crippen LogP contribution in [0.5, 0.6) is 0 Å². The van der Waals surface area contributed by atoms with Crippen molar-refractivity contribution in [3.05, 3.63) is 443 Å². The minimum Gasteiger partial charge on any atom is -0.388 e. The standard InChI is InChI=1S/C107H118O17/c1-2-63-109-72-99(116-64-86-39-15-3-16-40-86)74-111-76-101(118-66-88-43-19-5-20-44-88)77-112-80-103(81-113-78-102(119-67-89-45-21-6-22-46-89)79-115-83-105(121-69-91-49-25-8-26-50-91)85-124-107(95-57-33-12-34-58-95,96-59-35-13-36-60-96)97-61-37-14-38-62-97)122-71-98(108)70-110-73-100(117-65-87-41-17-4-18-42-87)75-114-82-104(120-68-90-47-23-7-24-48-90)84-123-106(92-51-27-9-28-52-92,93-53-29-10-30-54-93)94-55-31-11-32-56-94/h2-62,98-105,108H,1,63-85H2. The summed E-state index contributed by atoms with van der Waals surface area (Å²) >= 11 is 0. The van der Waals surface area contributed by atoms with Crippen LogP contribution in [0.4, 0.5) is 0 Å². The second-order valence-electron chi connectivity index (χ2n) is 30.4. The molecule has 17 nitrogen and oxygen atoms in total. The van der Waals surface area contributed by atoms with E-state index in [1.165, 1.54) is 0 Å². The largest absolute Gasteiger partial charge is 0.388 e. The lowest BCUT2D eigenvalue weighted by Crippen LogP contribution is -2.38. The van der Waals surface area contributed by atoms with E-state index in [9.17, 15) is 5.11 Å². The molecule has 124 heavy (non-hydrogen) atoms. The molecule has 1 N–H and O–H groups in total. The second-order valence-corrected chi connectivity index (χ2v) is 30.4. The normalized spacial score (nSPS) is 13.8. The fraction of sp³-hybridized carbons (Fsp3) is 0.308. The maximum atomic E-state index is 11.9. The Morgan fingerprint density at radius 2 is 0.371 bits per heavy atom. The Balaban J connectivity index is 0.738. The summed E-state index contributed by atoms with van der Waals surface area (Å²) in [5.41, 5.74) is 9.83. The molecule has 0 amide bonds. The zero-order valence-corrected chi connectivity index (χ0v) is 70.8. The molecule has 0 aromatic heterocycles. The van der Waals surface area contributed by atoms with Gasteiger partial charge < -0.3 is 80.9 Å². The van der Waals surface area contributed by atoms with Gasteiger partial charge in [0.25, 0.3) is 0 Å². The fourth-order valence-corrected chi connectivity index (χ4v) is 14.3. The molecule has 12 aromatic carbocycles. The number of aliphatic hydroxyl groups is 1. The molecular weight excluding hydrogens is 1560 g/mol.